The van der Waals surface area contributed by atoms with Crippen molar-refractivity contribution in [3.63, 3.8) is 0 Å². The van der Waals surface area contributed by atoms with Gasteiger partial charge in [-0.2, -0.15) is 8.42 Å². The number of terminal acetylenes is 1. The van der Waals surface area contributed by atoms with Gasteiger partial charge in [0.2, 0.25) is 5.91 Å². The van der Waals surface area contributed by atoms with Crippen molar-refractivity contribution in [2.75, 3.05) is 33.0 Å². The number of nitrogens with one attached hydrogen (secondary N) is 1. The molecule has 4 aliphatic rings. The molecule has 40 heavy (non-hydrogen) atoms. The van der Waals surface area contributed by atoms with Crippen LogP contribution in [0.15, 0.2) is 11.6 Å². The van der Waals surface area contributed by atoms with Gasteiger partial charge in [0.25, 0.3) is 0 Å². The number of carbonyl (C=O) groups excluding carboxylic acids is 1. The second kappa shape index (κ2) is 13.2. The summed E-state index contributed by atoms with van der Waals surface area (Å²) in [7, 11) is -4.43. The Hall–Kier alpha value is -1.44. The Labute approximate surface area is 241 Å². The second-order valence-corrected chi connectivity index (χ2v) is 14.2. The lowest BCUT2D eigenvalue weighted by Crippen LogP contribution is -2.51. The van der Waals surface area contributed by atoms with Crippen LogP contribution in [0.5, 0.6) is 0 Å². The minimum Gasteiger partial charge on any atom is -0.377 e. The predicted octanol–water partition coefficient (Wildman–Crippen LogP) is 4.95. The van der Waals surface area contributed by atoms with E-state index < -0.39 is 16.5 Å². The molecule has 2 N–H and O–H groups in total. The average molecular weight is 580 g/mol. The molecule has 0 saturated heterocycles. The molecule has 3 saturated carbocycles. The minimum atomic E-state index is -4.43. The average Bonchev–Trinajstić information content (AvgIpc) is 3.25. The van der Waals surface area contributed by atoms with E-state index in [2.05, 4.69) is 38.1 Å². The first kappa shape index (κ1) is 31.5. The third kappa shape index (κ3) is 7.12. The normalized spacial score (nSPS) is 36.0. The summed E-state index contributed by atoms with van der Waals surface area (Å²) in [6, 6.07) is 0. The summed E-state index contributed by atoms with van der Waals surface area (Å²) < 4.78 is 47.3. The van der Waals surface area contributed by atoms with Crippen molar-refractivity contribution in [1.82, 2.24) is 5.32 Å². The minimum absolute atomic E-state index is 0.0868. The molecule has 0 bridgehead atoms. The number of ether oxygens (including phenoxy) is 2. The number of carbonyl (C=O) groups is 1. The van der Waals surface area contributed by atoms with Gasteiger partial charge in [0.1, 0.15) is 6.61 Å². The van der Waals surface area contributed by atoms with Crippen molar-refractivity contribution in [2.24, 2.45) is 40.4 Å². The van der Waals surface area contributed by atoms with Gasteiger partial charge in [-0.1, -0.05) is 38.3 Å². The molecular formula is C31H49NO7S. The molecule has 0 aliphatic heterocycles. The van der Waals surface area contributed by atoms with Gasteiger partial charge >= 0.3 is 10.4 Å². The van der Waals surface area contributed by atoms with Crippen molar-refractivity contribution in [3.05, 3.63) is 11.6 Å². The zero-order valence-electron chi connectivity index (χ0n) is 24.5. The maximum Gasteiger partial charge on any atom is 0.397 e. The fourth-order valence-corrected chi connectivity index (χ4v) is 9.63. The number of hydrogen-bond donors (Lipinski definition) is 2. The van der Waals surface area contributed by atoms with E-state index in [0.29, 0.717) is 80.6 Å². The van der Waals surface area contributed by atoms with Crippen LogP contribution in [0.4, 0.5) is 0 Å². The fraction of sp³-hybridized carbons (Fsp3) is 0.839. The lowest BCUT2D eigenvalue weighted by Gasteiger charge is -2.58. The van der Waals surface area contributed by atoms with Crippen LogP contribution in [-0.4, -0.2) is 58.0 Å². The quantitative estimate of drug-likeness (QED) is 0.137. The summed E-state index contributed by atoms with van der Waals surface area (Å²) >= 11 is 0. The topological polar surface area (TPSA) is 111 Å². The van der Waals surface area contributed by atoms with Crippen LogP contribution in [-0.2, 0) is 28.9 Å². The number of rotatable bonds is 13. The van der Waals surface area contributed by atoms with Gasteiger partial charge in [0.15, 0.2) is 0 Å². The van der Waals surface area contributed by atoms with Crippen molar-refractivity contribution >= 4 is 16.3 Å². The van der Waals surface area contributed by atoms with Crippen LogP contribution in [0, 0.1) is 52.8 Å². The summed E-state index contributed by atoms with van der Waals surface area (Å²) in [5, 5.41) is 2.98. The van der Waals surface area contributed by atoms with Crippen molar-refractivity contribution in [1.29, 1.82) is 0 Å². The molecule has 4 rings (SSSR count). The smallest absolute Gasteiger partial charge is 0.377 e. The van der Waals surface area contributed by atoms with Gasteiger partial charge in [0.05, 0.1) is 25.9 Å². The lowest BCUT2D eigenvalue weighted by molar-refractivity contribution is -0.121. The maximum atomic E-state index is 12.5. The molecule has 0 radical (unpaired) electrons. The van der Waals surface area contributed by atoms with Gasteiger partial charge in [0, 0.05) is 13.0 Å². The highest BCUT2D eigenvalue weighted by Crippen LogP contribution is 2.67. The van der Waals surface area contributed by atoms with Crippen LogP contribution in [0.1, 0.15) is 85.0 Å². The Morgan fingerprint density at radius 1 is 1.15 bits per heavy atom. The lowest BCUT2D eigenvalue weighted by atomic mass is 9.47. The Balaban J connectivity index is 1.27. The molecule has 8 nitrogen and oxygen atoms in total. The third-order valence-corrected chi connectivity index (χ3v) is 11.5. The number of allylic oxidation sites excluding steroid dienone is 1. The largest absolute Gasteiger partial charge is 0.397 e. The monoisotopic (exact) mass is 579 g/mol. The van der Waals surface area contributed by atoms with Gasteiger partial charge in [-0.15, -0.1) is 6.42 Å². The van der Waals surface area contributed by atoms with Crippen molar-refractivity contribution < 1.29 is 31.4 Å². The van der Waals surface area contributed by atoms with E-state index in [1.807, 2.05) is 0 Å². The summed E-state index contributed by atoms with van der Waals surface area (Å²) in [5.41, 5.74) is 1.72. The van der Waals surface area contributed by atoms with E-state index in [9.17, 15) is 17.8 Å². The third-order valence-electron chi connectivity index (χ3n) is 11.0. The van der Waals surface area contributed by atoms with Crippen LogP contribution in [0.25, 0.3) is 0 Å². The van der Waals surface area contributed by atoms with E-state index in [4.69, 9.17) is 20.1 Å². The summed E-state index contributed by atoms with van der Waals surface area (Å²) in [5.74, 6) is 5.60. The van der Waals surface area contributed by atoms with Gasteiger partial charge in [-0.3, -0.25) is 9.35 Å². The first-order chi connectivity index (χ1) is 19.0. The van der Waals surface area contributed by atoms with Gasteiger partial charge < -0.3 is 14.8 Å². The Bertz CT molecular complexity index is 1070. The van der Waals surface area contributed by atoms with Gasteiger partial charge in [-0.25, -0.2) is 4.18 Å². The zero-order valence-corrected chi connectivity index (χ0v) is 25.3. The molecule has 3 fully saturated rings. The fourth-order valence-electron chi connectivity index (χ4n) is 9.12. The molecule has 1 unspecified atom stereocenters. The van der Waals surface area contributed by atoms with Crippen molar-refractivity contribution in [2.45, 2.75) is 91.1 Å². The van der Waals surface area contributed by atoms with E-state index in [1.165, 1.54) is 31.3 Å². The van der Waals surface area contributed by atoms with E-state index in [1.54, 1.807) is 0 Å². The SMILES string of the molecule is C#CCOCCOCCNC(=O)CCC(C)[C@H]1CC[C@H]2[C@@H]3CC=C4C[C@@H](OS(=O)(=O)O)CC[C@]4(C)[C@H]3CC[C@]12C. The summed E-state index contributed by atoms with van der Waals surface area (Å²) in [6.45, 7) is 9.43. The molecule has 8 atom stereocenters. The van der Waals surface area contributed by atoms with E-state index in [0.717, 1.165) is 19.3 Å². The molecule has 0 aromatic heterocycles. The highest BCUT2D eigenvalue weighted by molar-refractivity contribution is 7.80. The van der Waals surface area contributed by atoms with Crippen LogP contribution < -0.4 is 5.32 Å². The second-order valence-electron chi connectivity index (χ2n) is 13.1. The molecule has 0 aromatic rings. The molecule has 9 heteroatoms. The zero-order chi connectivity index (χ0) is 29.0. The van der Waals surface area contributed by atoms with E-state index in [-0.39, 0.29) is 17.9 Å². The van der Waals surface area contributed by atoms with Gasteiger partial charge in [-0.05, 0) is 98.2 Å². The molecule has 0 aromatic carbocycles. The molecule has 1 amide bonds. The highest BCUT2D eigenvalue weighted by Gasteiger charge is 2.59. The standard InChI is InChI=1S/C31H49NO7S/c1-5-17-37-19-20-38-18-16-32-29(33)11-6-22(2)26-9-10-27-25-8-7-23-21-24(39-40(34,35)36)12-14-30(23,3)28(25)13-15-31(26,27)4/h1,7,22,24-28H,6,8-21H2,2-4H3,(H,32,33)(H,34,35,36)/t22?,24-,25-,26+,27-,28-,30-,31+/m0/s1. The molecule has 226 valence electrons. The molecule has 4 aliphatic carbocycles. The predicted molar refractivity (Wildman–Crippen MR) is 153 cm³/mol. The first-order valence-corrected chi connectivity index (χ1v) is 16.6. The highest BCUT2D eigenvalue weighted by atomic mass is 32.3. The Kier molecular flexibility index (Phi) is 10.4. The summed E-state index contributed by atoms with van der Waals surface area (Å²) in [4.78, 5) is 12.5. The summed E-state index contributed by atoms with van der Waals surface area (Å²) in [6.07, 6.45) is 16.6. The van der Waals surface area contributed by atoms with Crippen LogP contribution >= 0.6 is 0 Å². The van der Waals surface area contributed by atoms with Crippen LogP contribution in [0.3, 0.4) is 0 Å². The van der Waals surface area contributed by atoms with Crippen LogP contribution in [0.2, 0.25) is 0 Å². The Morgan fingerprint density at radius 3 is 2.67 bits per heavy atom. The number of fused-ring (bicyclic) bond motifs is 5. The Morgan fingerprint density at radius 2 is 1.93 bits per heavy atom. The molecule has 0 spiro atoms. The number of hydrogen-bond acceptors (Lipinski definition) is 6. The molecule has 0 heterocycles. The molecular weight excluding hydrogens is 530 g/mol. The van der Waals surface area contributed by atoms with Crippen molar-refractivity contribution in [3.8, 4) is 12.3 Å². The maximum absolute atomic E-state index is 12.5. The van der Waals surface area contributed by atoms with E-state index >= 15 is 0 Å². The number of amides is 1. The first-order valence-electron chi connectivity index (χ1n) is 15.2.